The van der Waals surface area contributed by atoms with E-state index in [0.29, 0.717) is 12.3 Å². The molecular weight excluding hydrogens is 442 g/mol. The van der Waals surface area contributed by atoms with Crippen LogP contribution in [0.1, 0.15) is 70.1 Å². The first-order valence-electron chi connectivity index (χ1n) is 12.2. The summed E-state index contributed by atoms with van der Waals surface area (Å²) in [4.78, 5) is 30.4. The van der Waals surface area contributed by atoms with Gasteiger partial charge in [-0.1, -0.05) is 13.8 Å². The lowest BCUT2D eigenvalue weighted by atomic mass is 9.44. The van der Waals surface area contributed by atoms with Crippen molar-refractivity contribution in [1.29, 1.82) is 0 Å². The molecule has 0 aromatic carbocycles. The molecule has 0 saturated heterocycles. The molecule has 4 fully saturated rings. The van der Waals surface area contributed by atoms with Crippen LogP contribution >= 0.6 is 11.3 Å². The fourth-order valence-corrected chi connectivity index (χ4v) is 8.42. The van der Waals surface area contributed by atoms with Crippen LogP contribution in [0, 0.1) is 34.5 Å². The number of hydrogen-bond donors (Lipinski definition) is 4. The van der Waals surface area contributed by atoms with E-state index in [2.05, 4.69) is 11.9 Å². The molecule has 1 aromatic rings. The molecule has 0 radical (unpaired) electrons. The molecule has 4 aliphatic carbocycles. The van der Waals surface area contributed by atoms with Crippen LogP contribution in [0.15, 0.2) is 11.7 Å². The molecule has 7 nitrogen and oxygen atoms in total. The van der Waals surface area contributed by atoms with Crippen molar-refractivity contribution >= 4 is 22.9 Å². The number of Topliss-reactive ketones (excluding diaryl/α,β-unsaturated/α-hetero) is 2. The number of carbonyl (C=O) groups excluding carboxylic acids is 2. The van der Waals surface area contributed by atoms with Gasteiger partial charge in [-0.25, -0.2) is 0 Å². The fraction of sp³-hybridized carbons (Fsp3) is 0.800. The number of fused-ring (bicyclic) bond motifs is 5. The monoisotopic (exact) mass is 479 g/mol. The van der Waals surface area contributed by atoms with Crippen LogP contribution < -0.4 is 0 Å². The van der Waals surface area contributed by atoms with Crippen molar-refractivity contribution in [2.45, 2.75) is 83.5 Å². The number of aliphatic hydroxyl groups excluding tert-OH is 3. The Bertz CT molecular complexity index is 876. The minimum atomic E-state index is -1.58. The molecule has 0 unspecified atom stereocenters. The Kier molecular flexibility index (Phi) is 6.88. The maximum Gasteiger partial charge on any atom is 0.190 e. The van der Waals surface area contributed by atoms with Crippen molar-refractivity contribution in [2.24, 2.45) is 34.5 Å². The highest BCUT2D eigenvalue weighted by Crippen LogP contribution is 2.67. The molecule has 0 bridgehead atoms. The molecule has 8 atom stereocenters. The zero-order chi connectivity index (χ0) is 24.0. The first-order valence-corrected chi connectivity index (χ1v) is 13.0. The predicted molar refractivity (Wildman–Crippen MR) is 123 cm³/mol. The number of hydrogen-bond acceptors (Lipinski definition) is 8. The predicted octanol–water partition coefficient (Wildman–Crippen LogP) is 2.50. The Labute approximate surface area is 199 Å². The molecule has 33 heavy (non-hydrogen) atoms. The van der Waals surface area contributed by atoms with Gasteiger partial charge in [0.05, 0.1) is 18.2 Å². The lowest BCUT2D eigenvalue weighted by Gasteiger charge is -2.60. The Morgan fingerprint density at radius 2 is 1.94 bits per heavy atom. The maximum absolute atomic E-state index is 13.4. The summed E-state index contributed by atoms with van der Waals surface area (Å²) in [5, 5.41) is 39.0. The summed E-state index contributed by atoms with van der Waals surface area (Å²) >= 11 is 1.46. The van der Waals surface area contributed by atoms with Crippen LogP contribution in [0.25, 0.3) is 0 Å². The topological polar surface area (TPSA) is 128 Å². The van der Waals surface area contributed by atoms with Gasteiger partial charge >= 0.3 is 0 Å². The fourth-order valence-electron chi connectivity index (χ4n) is 7.96. The lowest BCUT2D eigenvalue weighted by Crippen LogP contribution is -2.62. The minimum absolute atomic E-state index is 0.0154. The van der Waals surface area contributed by atoms with Crippen LogP contribution in [-0.4, -0.2) is 55.3 Å². The number of thiazole rings is 1. The Balaban J connectivity index is 0.000000318. The summed E-state index contributed by atoms with van der Waals surface area (Å²) in [5.41, 5.74) is -0.705. The van der Waals surface area contributed by atoms with E-state index in [1.54, 1.807) is 11.7 Å². The standard InChI is InChI=1S/C21H32O5.C4H5NOS/c1-19-7-5-13(23)9-12(19)3-4-14-15-6-8-21(26,17(25)11-22)20(15,2)10-16(24)18(14)19;6-2-4-1-5-3-7-4/h12-15,18,22-23,26H,3-11H2,1-2H3;1,3,6H,2H2/t12-,13-,14+,15+,18-,19+,20+,21+;/m1./s1. The van der Waals surface area contributed by atoms with Crippen molar-refractivity contribution in [3.8, 4) is 0 Å². The number of ketones is 2. The molecule has 4 aliphatic rings. The summed E-state index contributed by atoms with van der Waals surface area (Å²) in [5.74, 6) is 0.380. The average molecular weight is 480 g/mol. The van der Waals surface area contributed by atoms with Crippen LogP contribution in [-0.2, 0) is 16.2 Å². The number of nitrogens with zero attached hydrogens (tertiary/aromatic N) is 1. The molecule has 4 N–H and O–H groups in total. The second-order valence-electron chi connectivity index (χ2n) is 11.1. The van der Waals surface area contributed by atoms with Gasteiger partial charge in [-0.2, -0.15) is 0 Å². The first-order chi connectivity index (χ1) is 15.6. The van der Waals surface area contributed by atoms with Gasteiger partial charge in [0.1, 0.15) is 18.0 Å². The molecule has 0 amide bonds. The van der Waals surface area contributed by atoms with E-state index in [9.17, 15) is 24.9 Å². The van der Waals surface area contributed by atoms with Crippen LogP contribution in [0.2, 0.25) is 0 Å². The van der Waals surface area contributed by atoms with E-state index < -0.39 is 23.4 Å². The van der Waals surface area contributed by atoms with Crippen molar-refractivity contribution in [3.63, 3.8) is 0 Å². The van der Waals surface area contributed by atoms with Gasteiger partial charge < -0.3 is 20.4 Å². The summed E-state index contributed by atoms with van der Waals surface area (Å²) < 4.78 is 0. The molecule has 0 aliphatic heterocycles. The van der Waals surface area contributed by atoms with E-state index in [1.807, 2.05) is 6.92 Å². The van der Waals surface area contributed by atoms with Crippen molar-refractivity contribution in [3.05, 3.63) is 16.6 Å². The van der Waals surface area contributed by atoms with Crippen LogP contribution in [0.4, 0.5) is 0 Å². The second-order valence-corrected chi connectivity index (χ2v) is 12.1. The van der Waals surface area contributed by atoms with Crippen LogP contribution in [0.5, 0.6) is 0 Å². The quantitative estimate of drug-likeness (QED) is 0.524. The Morgan fingerprint density at radius 3 is 2.55 bits per heavy atom. The molecule has 8 heteroatoms. The molecule has 1 aromatic heterocycles. The zero-order valence-corrected chi connectivity index (χ0v) is 20.4. The molecule has 184 valence electrons. The van der Waals surface area contributed by atoms with Crippen molar-refractivity contribution in [1.82, 2.24) is 4.98 Å². The van der Waals surface area contributed by atoms with Gasteiger partial charge in [0, 0.05) is 28.8 Å². The zero-order valence-electron chi connectivity index (χ0n) is 19.6. The van der Waals surface area contributed by atoms with Crippen LogP contribution in [0.3, 0.4) is 0 Å². The normalized spacial score (nSPS) is 44.2. The molecule has 4 saturated carbocycles. The third-order valence-corrected chi connectivity index (χ3v) is 10.5. The highest BCUT2D eigenvalue weighted by Gasteiger charge is 2.68. The summed E-state index contributed by atoms with van der Waals surface area (Å²) in [7, 11) is 0. The molecule has 0 spiro atoms. The van der Waals surface area contributed by atoms with Gasteiger partial charge in [0.2, 0.25) is 0 Å². The van der Waals surface area contributed by atoms with E-state index in [-0.39, 0.29) is 48.1 Å². The maximum atomic E-state index is 13.4. The smallest absolute Gasteiger partial charge is 0.190 e. The van der Waals surface area contributed by atoms with Gasteiger partial charge in [0.25, 0.3) is 0 Å². The number of rotatable bonds is 3. The SMILES string of the molecule is C[C@]12CC[C@@H](O)C[C@H]1CC[C@@H]1[C@@H]2C(=O)C[C@@]2(C)[C@H]1CC[C@]2(O)C(=O)CO.OCc1cncs1. The second kappa shape index (κ2) is 9.11. The number of carbonyl (C=O) groups is 2. The summed E-state index contributed by atoms with van der Waals surface area (Å²) in [6.07, 6.45) is 7.13. The van der Waals surface area contributed by atoms with E-state index in [4.69, 9.17) is 5.11 Å². The van der Waals surface area contributed by atoms with E-state index in [1.165, 1.54) is 11.3 Å². The first kappa shape index (κ1) is 24.9. The summed E-state index contributed by atoms with van der Waals surface area (Å²) in [6.45, 7) is 3.58. The van der Waals surface area contributed by atoms with Gasteiger partial charge in [-0.3, -0.25) is 14.6 Å². The van der Waals surface area contributed by atoms with E-state index in [0.717, 1.165) is 43.4 Å². The average Bonchev–Trinajstić information content (AvgIpc) is 3.41. The van der Waals surface area contributed by atoms with Crippen molar-refractivity contribution < 1.29 is 30.0 Å². The third-order valence-electron chi connectivity index (χ3n) is 9.72. The Hall–Kier alpha value is -1.19. The highest BCUT2D eigenvalue weighted by molar-refractivity contribution is 7.09. The van der Waals surface area contributed by atoms with Gasteiger partial charge in [-0.15, -0.1) is 11.3 Å². The molecule has 1 heterocycles. The van der Waals surface area contributed by atoms with E-state index >= 15 is 0 Å². The minimum Gasteiger partial charge on any atom is -0.393 e. The highest BCUT2D eigenvalue weighted by atomic mass is 32.1. The van der Waals surface area contributed by atoms with Gasteiger partial charge in [-0.05, 0) is 68.1 Å². The number of aromatic nitrogens is 1. The third kappa shape index (κ3) is 3.92. The summed E-state index contributed by atoms with van der Waals surface area (Å²) in [6, 6.07) is 0. The van der Waals surface area contributed by atoms with Gasteiger partial charge in [0.15, 0.2) is 5.78 Å². The number of aliphatic hydroxyl groups is 4. The van der Waals surface area contributed by atoms with Crippen molar-refractivity contribution in [2.75, 3.05) is 6.61 Å². The Morgan fingerprint density at radius 1 is 1.18 bits per heavy atom. The lowest BCUT2D eigenvalue weighted by molar-refractivity contribution is -0.180. The molecule has 5 rings (SSSR count). The molecular formula is C25H37NO6S. The largest absolute Gasteiger partial charge is 0.393 e.